The van der Waals surface area contributed by atoms with Crippen LogP contribution in [-0.4, -0.2) is 32.0 Å². The Bertz CT molecular complexity index is 305. The van der Waals surface area contributed by atoms with Crippen molar-refractivity contribution in [3.05, 3.63) is 0 Å². The lowest BCUT2D eigenvalue weighted by Crippen LogP contribution is -2.13. The number of hydrogen-bond acceptors (Lipinski definition) is 5. The van der Waals surface area contributed by atoms with Gasteiger partial charge in [0.1, 0.15) is 6.16 Å². The van der Waals surface area contributed by atoms with Crippen LogP contribution in [0.5, 0.6) is 0 Å². The maximum Gasteiger partial charge on any atom is 0.341 e. The number of carbonyl (C=O) groups is 1. The smallest absolute Gasteiger partial charge is 0.341 e. The summed E-state index contributed by atoms with van der Waals surface area (Å²) in [6, 6.07) is 0. The summed E-state index contributed by atoms with van der Waals surface area (Å²) < 4.78 is 26.5. The molecule has 5 nitrogen and oxygen atoms in total. The molecule has 0 unspecified atom stereocenters. The average Bonchev–Trinajstić information content (AvgIpc) is 2.18. The van der Waals surface area contributed by atoms with Crippen molar-refractivity contribution in [1.29, 1.82) is 0 Å². The quantitative estimate of drug-likeness (QED) is 0.390. The predicted molar refractivity (Wildman–Crippen MR) is 60.1 cm³/mol. The number of ether oxygens (including phenoxy) is 1. The van der Waals surface area contributed by atoms with Gasteiger partial charge in [-0.2, -0.15) is 0 Å². The molecule has 0 aliphatic rings. The molecule has 0 heterocycles. The Hall–Kier alpha value is -0.820. The zero-order valence-electron chi connectivity index (χ0n) is 9.82. The van der Waals surface area contributed by atoms with E-state index < -0.39 is 13.6 Å². The van der Waals surface area contributed by atoms with Crippen LogP contribution in [0, 0.1) is 11.8 Å². The monoisotopic (exact) mass is 248 g/mol. The van der Waals surface area contributed by atoms with Crippen LogP contribution in [0.1, 0.15) is 20.8 Å². The molecule has 0 radical (unpaired) electrons. The summed E-state index contributed by atoms with van der Waals surface area (Å²) in [5.74, 6) is 4.51. The second kappa shape index (κ2) is 8.35. The van der Waals surface area contributed by atoms with Crippen molar-refractivity contribution in [2.24, 2.45) is 0 Å². The van der Waals surface area contributed by atoms with Gasteiger partial charge in [-0.15, -0.1) is 5.92 Å². The van der Waals surface area contributed by atoms with Crippen LogP contribution in [-0.2, 0) is 23.1 Å². The minimum atomic E-state index is -3.35. The molecule has 0 aromatic carbocycles. The average molecular weight is 248 g/mol. The molecule has 0 bridgehead atoms. The molecule has 0 rings (SSSR count). The molecule has 0 aliphatic carbocycles. The highest BCUT2D eigenvalue weighted by atomic mass is 31.2. The number of esters is 1. The summed E-state index contributed by atoms with van der Waals surface area (Å²) in [6.07, 6.45) is -0.375. The lowest BCUT2D eigenvalue weighted by molar-refractivity contribution is -0.139. The number of hydrogen-bond donors (Lipinski definition) is 0. The van der Waals surface area contributed by atoms with Gasteiger partial charge in [-0.05, 0) is 20.8 Å². The normalized spacial score (nSPS) is 10.4. The van der Waals surface area contributed by atoms with Gasteiger partial charge >= 0.3 is 13.6 Å². The van der Waals surface area contributed by atoms with E-state index in [1.165, 1.54) is 0 Å². The summed E-state index contributed by atoms with van der Waals surface area (Å²) in [5.41, 5.74) is 0. The molecule has 0 spiro atoms. The van der Waals surface area contributed by atoms with Crippen molar-refractivity contribution < 1.29 is 23.1 Å². The summed E-state index contributed by atoms with van der Waals surface area (Å²) in [5, 5.41) is 0. The Kier molecular flexibility index (Phi) is 7.92. The van der Waals surface area contributed by atoms with E-state index in [4.69, 9.17) is 13.8 Å². The van der Waals surface area contributed by atoms with Crippen molar-refractivity contribution >= 4 is 13.6 Å². The van der Waals surface area contributed by atoms with Gasteiger partial charge in [-0.1, -0.05) is 5.92 Å². The largest absolute Gasteiger partial charge is 0.452 e. The molecule has 0 saturated heterocycles. The van der Waals surface area contributed by atoms with Crippen molar-refractivity contribution in [1.82, 2.24) is 0 Å². The Morgan fingerprint density at radius 1 is 1.25 bits per heavy atom. The zero-order chi connectivity index (χ0) is 12.4. The second-order valence-electron chi connectivity index (χ2n) is 2.69. The SMILES string of the molecule is CC#CCOC(=O)CP(=O)(OCC)OCC. The van der Waals surface area contributed by atoms with E-state index in [0.29, 0.717) is 0 Å². The summed E-state index contributed by atoms with van der Waals surface area (Å²) >= 11 is 0. The van der Waals surface area contributed by atoms with Crippen LogP contribution in [0.4, 0.5) is 0 Å². The highest BCUT2D eigenvalue weighted by Crippen LogP contribution is 2.47. The van der Waals surface area contributed by atoms with Crippen LogP contribution in [0.15, 0.2) is 0 Å². The van der Waals surface area contributed by atoms with Gasteiger partial charge in [0, 0.05) is 0 Å². The Morgan fingerprint density at radius 2 is 1.81 bits per heavy atom. The van der Waals surface area contributed by atoms with Gasteiger partial charge in [-0.3, -0.25) is 9.36 Å². The molecule has 0 atom stereocenters. The Labute approximate surface area is 96.0 Å². The third-order valence-electron chi connectivity index (χ3n) is 1.46. The third-order valence-corrected chi connectivity index (χ3v) is 3.41. The molecule has 6 heteroatoms. The molecule has 0 amide bonds. The van der Waals surface area contributed by atoms with Crippen LogP contribution in [0.2, 0.25) is 0 Å². The van der Waals surface area contributed by atoms with Gasteiger partial charge < -0.3 is 13.8 Å². The maximum absolute atomic E-state index is 11.9. The van der Waals surface area contributed by atoms with Crippen LogP contribution >= 0.6 is 7.60 Å². The van der Waals surface area contributed by atoms with Gasteiger partial charge in [0.05, 0.1) is 13.2 Å². The molecule has 0 aromatic rings. The molecule has 0 aromatic heterocycles. The predicted octanol–water partition coefficient (Wildman–Crippen LogP) is 1.82. The summed E-state index contributed by atoms with van der Waals surface area (Å²) in [4.78, 5) is 11.3. The maximum atomic E-state index is 11.9. The van der Waals surface area contributed by atoms with E-state index in [1.807, 2.05) is 0 Å². The molecule has 0 N–H and O–H groups in total. The van der Waals surface area contributed by atoms with Gasteiger partial charge in [-0.25, -0.2) is 0 Å². The zero-order valence-corrected chi connectivity index (χ0v) is 10.7. The first kappa shape index (κ1) is 15.2. The number of carbonyl (C=O) groups excluding carboxylic acids is 1. The minimum absolute atomic E-state index is 0.00637. The van der Waals surface area contributed by atoms with Crippen molar-refractivity contribution in [2.75, 3.05) is 26.0 Å². The van der Waals surface area contributed by atoms with E-state index in [9.17, 15) is 9.36 Å². The molecule has 0 fully saturated rings. The van der Waals surface area contributed by atoms with E-state index in [1.54, 1.807) is 20.8 Å². The fourth-order valence-electron chi connectivity index (χ4n) is 0.914. The third kappa shape index (κ3) is 6.62. The van der Waals surface area contributed by atoms with Crippen molar-refractivity contribution in [2.45, 2.75) is 20.8 Å². The van der Waals surface area contributed by atoms with Crippen LogP contribution in [0.25, 0.3) is 0 Å². The van der Waals surface area contributed by atoms with E-state index >= 15 is 0 Å². The van der Waals surface area contributed by atoms with E-state index in [0.717, 1.165) is 0 Å². The molecular formula is C10H17O5P. The molecule has 0 aliphatic heterocycles. The first-order valence-electron chi connectivity index (χ1n) is 5.01. The van der Waals surface area contributed by atoms with Crippen LogP contribution < -0.4 is 0 Å². The minimum Gasteiger partial charge on any atom is -0.452 e. The van der Waals surface area contributed by atoms with E-state index in [2.05, 4.69) is 11.8 Å². The first-order chi connectivity index (χ1) is 7.58. The second-order valence-corrected chi connectivity index (χ2v) is 4.75. The van der Waals surface area contributed by atoms with Crippen LogP contribution in [0.3, 0.4) is 0 Å². The van der Waals surface area contributed by atoms with Gasteiger partial charge in [0.2, 0.25) is 0 Å². The van der Waals surface area contributed by atoms with Crippen molar-refractivity contribution in [3.8, 4) is 11.8 Å². The molecular weight excluding hydrogens is 231 g/mol. The highest BCUT2D eigenvalue weighted by Gasteiger charge is 2.28. The topological polar surface area (TPSA) is 61.8 Å². The highest BCUT2D eigenvalue weighted by molar-refractivity contribution is 7.54. The fraction of sp³-hybridized carbons (Fsp3) is 0.700. The summed E-state index contributed by atoms with van der Waals surface area (Å²) in [7, 11) is -3.35. The van der Waals surface area contributed by atoms with Gasteiger partial charge in [0.15, 0.2) is 6.61 Å². The standard InChI is InChI=1S/C10H17O5P/c1-4-7-8-13-10(11)9-16(12,14-5-2)15-6-3/h5-6,8-9H2,1-3H3. The van der Waals surface area contributed by atoms with Gasteiger partial charge in [0.25, 0.3) is 0 Å². The lowest BCUT2D eigenvalue weighted by atomic mass is 10.6. The summed E-state index contributed by atoms with van der Waals surface area (Å²) in [6.45, 7) is 5.43. The molecule has 16 heavy (non-hydrogen) atoms. The Balaban J connectivity index is 4.21. The Morgan fingerprint density at radius 3 is 2.25 bits per heavy atom. The molecule has 0 saturated carbocycles. The van der Waals surface area contributed by atoms with Crippen molar-refractivity contribution in [3.63, 3.8) is 0 Å². The number of rotatable bonds is 7. The lowest BCUT2D eigenvalue weighted by Gasteiger charge is -2.15. The molecule has 92 valence electrons. The fourth-order valence-corrected chi connectivity index (χ4v) is 2.37. The first-order valence-corrected chi connectivity index (χ1v) is 6.74. The van der Waals surface area contributed by atoms with E-state index in [-0.39, 0.29) is 26.0 Å².